The first-order valence-electron chi connectivity index (χ1n) is 5.83. The number of rotatable bonds is 3. The number of anilines is 2. The van der Waals surface area contributed by atoms with E-state index in [4.69, 9.17) is 17.3 Å². The molecule has 1 unspecified atom stereocenters. The SMILES string of the molecule is CC(=O)SCC1CC(=O)N(c2nc(Cl)ccc2N)C1. The van der Waals surface area contributed by atoms with E-state index in [0.717, 1.165) is 0 Å². The highest BCUT2D eigenvalue weighted by Gasteiger charge is 2.32. The van der Waals surface area contributed by atoms with Gasteiger partial charge in [-0.25, -0.2) is 4.98 Å². The van der Waals surface area contributed by atoms with Crippen LogP contribution < -0.4 is 10.6 Å². The van der Waals surface area contributed by atoms with Crippen LogP contribution in [0.3, 0.4) is 0 Å². The molecular weight excluding hydrogens is 286 g/mol. The second kappa shape index (κ2) is 5.79. The van der Waals surface area contributed by atoms with E-state index in [2.05, 4.69) is 4.98 Å². The molecule has 2 heterocycles. The Bertz CT molecular complexity index is 524. The summed E-state index contributed by atoms with van der Waals surface area (Å²) in [5.41, 5.74) is 6.25. The van der Waals surface area contributed by atoms with Gasteiger partial charge in [-0.1, -0.05) is 23.4 Å². The molecule has 2 N–H and O–H groups in total. The molecule has 0 spiro atoms. The van der Waals surface area contributed by atoms with Crippen molar-refractivity contribution >= 4 is 45.9 Å². The number of carbonyl (C=O) groups excluding carboxylic acids is 2. The molecule has 0 aromatic carbocycles. The quantitative estimate of drug-likeness (QED) is 0.863. The summed E-state index contributed by atoms with van der Waals surface area (Å²) in [5, 5.41) is 0.366. The zero-order valence-electron chi connectivity index (χ0n) is 10.4. The number of amides is 1. The van der Waals surface area contributed by atoms with Crippen LogP contribution in [-0.2, 0) is 9.59 Å². The summed E-state index contributed by atoms with van der Waals surface area (Å²) < 4.78 is 0. The number of pyridine rings is 1. The number of nitrogens with two attached hydrogens (primary N) is 1. The minimum Gasteiger partial charge on any atom is -0.396 e. The Morgan fingerprint density at radius 3 is 3.05 bits per heavy atom. The van der Waals surface area contributed by atoms with Crippen LogP contribution in [0.4, 0.5) is 11.5 Å². The normalized spacial score (nSPS) is 18.9. The van der Waals surface area contributed by atoms with E-state index in [0.29, 0.717) is 35.4 Å². The summed E-state index contributed by atoms with van der Waals surface area (Å²) in [6, 6.07) is 3.22. The summed E-state index contributed by atoms with van der Waals surface area (Å²) in [6.45, 7) is 2.05. The zero-order chi connectivity index (χ0) is 14.0. The van der Waals surface area contributed by atoms with Crippen molar-refractivity contribution in [3.05, 3.63) is 17.3 Å². The summed E-state index contributed by atoms with van der Waals surface area (Å²) in [5.74, 6) is 1.16. The molecule has 19 heavy (non-hydrogen) atoms. The van der Waals surface area contributed by atoms with Gasteiger partial charge in [0.2, 0.25) is 5.91 Å². The fourth-order valence-electron chi connectivity index (χ4n) is 1.99. The Kier molecular flexibility index (Phi) is 4.31. The van der Waals surface area contributed by atoms with Gasteiger partial charge in [0.25, 0.3) is 0 Å². The number of thioether (sulfide) groups is 1. The number of aromatic nitrogens is 1. The third-order valence-electron chi connectivity index (χ3n) is 2.85. The molecule has 1 aromatic heterocycles. The van der Waals surface area contributed by atoms with E-state index in [9.17, 15) is 9.59 Å². The average molecular weight is 300 g/mol. The van der Waals surface area contributed by atoms with Crippen molar-refractivity contribution in [1.29, 1.82) is 0 Å². The van der Waals surface area contributed by atoms with Crippen LogP contribution in [0.5, 0.6) is 0 Å². The van der Waals surface area contributed by atoms with Crippen LogP contribution >= 0.6 is 23.4 Å². The van der Waals surface area contributed by atoms with Crippen molar-refractivity contribution in [1.82, 2.24) is 4.98 Å². The molecule has 0 saturated carbocycles. The maximum absolute atomic E-state index is 12.0. The minimum absolute atomic E-state index is 0.0318. The molecule has 1 atom stereocenters. The van der Waals surface area contributed by atoms with Gasteiger partial charge in [-0.2, -0.15) is 0 Å². The van der Waals surface area contributed by atoms with Gasteiger partial charge in [0.15, 0.2) is 10.9 Å². The number of halogens is 1. The Balaban J connectivity index is 2.11. The molecule has 1 aliphatic rings. The van der Waals surface area contributed by atoms with Gasteiger partial charge in [-0.15, -0.1) is 0 Å². The first kappa shape index (κ1) is 14.1. The lowest BCUT2D eigenvalue weighted by Gasteiger charge is -2.17. The highest BCUT2D eigenvalue weighted by Crippen LogP contribution is 2.30. The maximum atomic E-state index is 12.0. The lowest BCUT2D eigenvalue weighted by atomic mass is 10.1. The number of hydrogen-bond acceptors (Lipinski definition) is 5. The van der Waals surface area contributed by atoms with Crippen LogP contribution in [0.15, 0.2) is 12.1 Å². The molecule has 102 valence electrons. The van der Waals surface area contributed by atoms with Crippen molar-refractivity contribution in [2.45, 2.75) is 13.3 Å². The summed E-state index contributed by atoms with van der Waals surface area (Å²) in [4.78, 5) is 28.6. The zero-order valence-corrected chi connectivity index (χ0v) is 12.0. The number of nitrogen functional groups attached to an aromatic ring is 1. The molecular formula is C12H14ClN3O2S. The van der Waals surface area contributed by atoms with Gasteiger partial charge in [-0.05, 0) is 18.1 Å². The van der Waals surface area contributed by atoms with Crippen LogP contribution in [-0.4, -0.2) is 28.3 Å². The van der Waals surface area contributed by atoms with E-state index in [1.54, 1.807) is 17.0 Å². The van der Waals surface area contributed by atoms with Crippen LogP contribution in [0.1, 0.15) is 13.3 Å². The molecule has 1 saturated heterocycles. The smallest absolute Gasteiger partial charge is 0.228 e. The summed E-state index contributed by atoms with van der Waals surface area (Å²) >= 11 is 7.07. The van der Waals surface area contributed by atoms with E-state index < -0.39 is 0 Å². The van der Waals surface area contributed by atoms with Crippen LogP contribution in [0.2, 0.25) is 5.15 Å². The van der Waals surface area contributed by atoms with Gasteiger partial charge >= 0.3 is 0 Å². The Morgan fingerprint density at radius 1 is 1.63 bits per heavy atom. The first-order valence-corrected chi connectivity index (χ1v) is 7.19. The van der Waals surface area contributed by atoms with E-state index in [1.807, 2.05) is 0 Å². The van der Waals surface area contributed by atoms with Gasteiger partial charge in [0.05, 0.1) is 5.69 Å². The topological polar surface area (TPSA) is 76.3 Å². The van der Waals surface area contributed by atoms with Gasteiger partial charge in [0.1, 0.15) is 5.15 Å². The average Bonchev–Trinajstić information content (AvgIpc) is 2.71. The Labute approximate surface area is 120 Å². The third kappa shape index (κ3) is 3.39. The van der Waals surface area contributed by atoms with Crippen molar-refractivity contribution in [2.24, 2.45) is 5.92 Å². The molecule has 2 rings (SSSR count). The van der Waals surface area contributed by atoms with E-state index >= 15 is 0 Å². The highest BCUT2D eigenvalue weighted by molar-refractivity contribution is 8.13. The lowest BCUT2D eigenvalue weighted by molar-refractivity contribution is -0.117. The van der Waals surface area contributed by atoms with Gasteiger partial charge in [0, 0.05) is 25.6 Å². The largest absolute Gasteiger partial charge is 0.396 e. The molecule has 1 amide bonds. The van der Waals surface area contributed by atoms with Crippen molar-refractivity contribution in [2.75, 3.05) is 22.9 Å². The molecule has 0 aliphatic carbocycles. The predicted octanol–water partition coefficient (Wildman–Crippen LogP) is 1.95. The maximum Gasteiger partial charge on any atom is 0.228 e. The Hall–Kier alpha value is -1.27. The molecule has 7 heteroatoms. The second-order valence-corrected chi connectivity index (χ2v) is 6.01. The van der Waals surface area contributed by atoms with E-state index in [1.165, 1.54) is 18.7 Å². The molecule has 0 radical (unpaired) electrons. The predicted molar refractivity (Wildman–Crippen MR) is 77.3 cm³/mol. The molecule has 5 nitrogen and oxygen atoms in total. The molecule has 0 bridgehead atoms. The van der Waals surface area contributed by atoms with Crippen LogP contribution in [0.25, 0.3) is 0 Å². The Morgan fingerprint density at radius 2 is 2.37 bits per heavy atom. The summed E-state index contributed by atoms with van der Waals surface area (Å²) in [6.07, 6.45) is 0.411. The lowest BCUT2D eigenvalue weighted by Crippen LogP contribution is -2.26. The van der Waals surface area contributed by atoms with Gasteiger partial charge in [-0.3, -0.25) is 14.5 Å². The monoisotopic (exact) mass is 299 g/mol. The standard InChI is InChI=1S/C12H14ClN3O2S/c1-7(17)19-6-8-4-11(18)16(5-8)12-9(14)2-3-10(13)15-12/h2-3,8H,4-6,14H2,1H3. The molecule has 1 aromatic rings. The van der Waals surface area contributed by atoms with E-state index in [-0.39, 0.29) is 16.9 Å². The molecule has 1 aliphatic heterocycles. The molecule has 1 fully saturated rings. The van der Waals surface area contributed by atoms with Crippen molar-refractivity contribution in [3.8, 4) is 0 Å². The van der Waals surface area contributed by atoms with Crippen molar-refractivity contribution in [3.63, 3.8) is 0 Å². The minimum atomic E-state index is -0.0318. The van der Waals surface area contributed by atoms with Gasteiger partial charge < -0.3 is 5.73 Å². The third-order valence-corrected chi connectivity index (χ3v) is 4.11. The highest BCUT2D eigenvalue weighted by atomic mass is 35.5. The first-order chi connectivity index (χ1) is 8.97. The fourth-order valence-corrected chi connectivity index (χ4v) is 2.82. The number of carbonyl (C=O) groups is 2. The fraction of sp³-hybridized carbons (Fsp3) is 0.417. The summed E-state index contributed by atoms with van der Waals surface area (Å²) in [7, 11) is 0. The number of hydrogen-bond donors (Lipinski definition) is 1. The second-order valence-electron chi connectivity index (χ2n) is 4.42. The van der Waals surface area contributed by atoms with Crippen molar-refractivity contribution < 1.29 is 9.59 Å². The number of nitrogens with zero attached hydrogens (tertiary/aromatic N) is 2. The van der Waals surface area contributed by atoms with Crippen LogP contribution in [0, 0.1) is 5.92 Å².